The third-order valence-electron chi connectivity index (χ3n) is 4.21. The van der Waals surface area contributed by atoms with E-state index in [1.54, 1.807) is 12.1 Å². The number of imidazole rings is 1. The van der Waals surface area contributed by atoms with Gasteiger partial charge in [-0.15, -0.1) is 0 Å². The van der Waals surface area contributed by atoms with Gasteiger partial charge >= 0.3 is 0 Å². The van der Waals surface area contributed by atoms with Gasteiger partial charge in [-0.2, -0.15) is 0 Å². The highest BCUT2D eigenvalue weighted by Gasteiger charge is 2.09. The number of carbonyl (C=O) groups is 1. The molecule has 0 fully saturated rings. The number of hydrogen-bond donors (Lipinski definition) is 3. The molecule has 1 amide bonds. The fraction of sp³-hybridized carbons (Fsp3) is 0.0476. The number of amides is 1. The second-order valence-electron chi connectivity index (χ2n) is 6.08. The Morgan fingerprint density at radius 2 is 1.70 bits per heavy atom. The summed E-state index contributed by atoms with van der Waals surface area (Å²) >= 11 is 6.16. The van der Waals surface area contributed by atoms with Crippen molar-refractivity contribution in [2.24, 2.45) is 0 Å². The number of halogens is 1. The smallest absolute Gasteiger partial charge is 0.257 e. The first-order valence-electron chi connectivity index (χ1n) is 8.52. The number of carbonyl (C=O) groups excluding carboxylic acids is 1. The van der Waals surface area contributed by atoms with Gasteiger partial charge in [0.05, 0.1) is 11.0 Å². The van der Waals surface area contributed by atoms with Crippen LogP contribution in [0, 0.1) is 0 Å². The minimum atomic E-state index is -0.216. The minimum absolute atomic E-state index is 0.216. The van der Waals surface area contributed by atoms with Crippen LogP contribution in [0.5, 0.6) is 0 Å². The molecule has 0 spiro atoms. The van der Waals surface area contributed by atoms with Gasteiger partial charge in [0.1, 0.15) is 0 Å². The standard InChI is InChI=1S/C21H17ClN4O/c22-17-6-2-1-5-15(17)13-23-16-11-9-14(10-12-16)20(27)26-21-24-18-7-3-4-8-19(18)25-21/h1-12,23H,13H2,(H2,24,25,26,27). The molecule has 3 aromatic carbocycles. The van der Waals surface area contributed by atoms with Crippen LogP contribution in [0.2, 0.25) is 5.02 Å². The van der Waals surface area contributed by atoms with Crippen LogP contribution in [0.1, 0.15) is 15.9 Å². The zero-order valence-corrected chi connectivity index (χ0v) is 15.1. The largest absolute Gasteiger partial charge is 0.381 e. The first-order valence-corrected chi connectivity index (χ1v) is 8.90. The van der Waals surface area contributed by atoms with Gasteiger partial charge in [-0.25, -0.2) is 4.98 Å². The molecule has 0 aliphatic carbocycles. The summed E-state index contributed by atoms with van der Waals surface area (Å²) in [5.41, 5.74) is 4.18. The van der Waals surface area contributed by atoms with E-state index in [2.05, 4.69) is 20.6 Å². The zero-order chi connectivity index (χ0) is 18.6. The second kappa shape index (κ2) is 7.51. The molecule has 1 aromatic heterocycles. The maximum atomic E-state index is 12.4. The highest BCUT2D eigenvalue weighted by atomic mass is 35.5. The van der Waals surface area contributed by atoms with Gasteiger partial charge in [0.15, 0.2) is 0 Å². The lowest BCUT2D eigenvalue weighted by molar-refractivity contribution is 0.102. The van der Waals surface area contributed by atoms with Crippen molar-refractivity contribution in [1.29, 1.82) is 0 Å². The molecule has 5 nitrogen and oxygen atoms in total. The molecule has 6 heteroatoms. The van der Waals surface area contributed by atoms with Gasteiger partial charge in [-0.1, -0.05) is 41.9 Å². The van der Waals surface area contributed by atoms with Crippen LogP contribution in [0.3, 0.4) is 0 Å². The molecule has 4 aromatic rings. The number of fused-ring (bicyclic) bond motifs is 1. The van der Waals surface area contributed by atoms with E-state index in [-0.39, 0.29) is 5.91 Å². The van der Waals surface area contributed by atoms with E-state index in [4.69, 9.17) is 11.6 Å². The average Bonchev–Trinajstić information content (AvgIpc) is 3.10. The van der Waals surface area contributed by atoms with Gasteiger partial charge in [0.25, 0.3) is 5.91 Å². The number of nitrogens with one attached hydrogen (secondary N) is 3. The minimum Gasteiger partial charge on any atom is -0.381 e. The number of anilines is 2. The molecule has 0 aliphatic heterocycles. The summed E-state index contributed by atoms with van der Waals surface area (Å²) in [6.07, 6.45) is 0. The van der Waals surface area contributed by atoms with E-state index in [0.717, 1.165) is 27.3 Å². The van der Waals surface area contributed by atoms with E-state index in [1.807, 2.05) is 60.7 Å². The molecular weight excluding hydrogens is 360 g/mol. The topological polar surface area (TPSA) is 69.8 Å². The van der Waals surface area contributed by atoms with Crippen LogP contribution in [0.25, 0.3) is 11.0 Å². The van der Waals surface area contributed by atoms with Crippen LogP contribution >= 0.6 is 11.6 Å². The number of aromatic nitrogens is 2. The first-order chi connectivity index (χ1) is 13.2. The van der Waals surface area contributed by atoms with Gasteiger partial charge in [0, 0.05) is 22.8 Å². The van der Waals surface area contributed by atoms with E-state index >= 15 is 0 Å². The van der Waals surface area contributed by atoms with Gasteiger partial charge in [0.2, 0.25) is 5.95 Å². The number of para-hydroxylation sites is 2. The fourth-order valence-corrected chi connectivity index (χ4v) is 2.97. The number of nitrogens with zero attached hydrogens (tertiary/aromatic N) is 1. The zero-order valence-electron chi connectivity index (χ0n) is 14.4. The van der Waals surface area contributed by atoms with Gasteiger partial charge < -0.3 is 10.3 Å². The van der Waals surface area contributed by atoms with E-state index in [0.29, 0.717) is 18.1 Å². The summed E-state index contributed by atoms with van der Waals surface area (Å²) in [4.78, 5) is 19.9. The van der Waals surface area contributed by atoms with Crippen LogP contribution in [-0.4, -0.2) is 15.9 Å². The Bertz CT molecular complexity index is 1060. The maximum Gasteiger partial charge on any atom is 0.257 e. The Morgan fingerprint density at radius 3 is 2.48 bits per heavy atom. The summed E-state index contributed by atoms with van der Waals surface area (Å²) in [5.74, 6) is 0.217. The Balaban J connectivity index is 1.40. The van der Waals surface area contributed by atoms with Gasteiger partial charge in [-0.3, -0.25) is 10.1 Å². The molecule has 0 radical (unpaired) electrons. The highest BCUT2D eigenvalue weighted by molar-refractivity contribution is 6.31. The molecule has 27 heavy (non-hydrogen) atoms. The van der Waals surface area contributed by atoms with Crippen molar-refractivity contribution < 1.29 is 4.79 Å². The summed E-state index contributed by atoms with van der Waals surface area (Å²) in [7, 11) is 0. The lowest BCUT2D eigenvalue weighted by atomic mass is 10.2. The molecular formula is C21H17ClN4O. The lowest BCUT2D eigenvalue weighted by Gasteiger charge is -2.09. The van der Waals surface area contributed by atoms with Crippen molar-refractivity contribution in [1.82, 2.24) is 9.97 Å². The molecule has 1 heterocycles. The molecule has 3 N–H and O–H groups in total. The third-order valence-corrected chi connectivity index (χ3v) is 4.58. The van der Waals surface area contributed by atoms with Crippen molar-refractivity contribution in [3.8, 4) is 0 Å². The van der Waals surface area contributed by atoms with E-state index in [1.165, 1.54) is 0 Å². The molecule has 0 bridgehead atoms. The Labute approximate surface area is 161 Å². The maximum absolute atomic E-state index is 12.4. The average molecular weight is 377 g/mol. The Hall–Kier alpha value is -3.31. The number of hydrogen-bond acceptors (Lipinski definition) is 3. The predicted octanol–water partition coefficient (Wildman–Crippen LogP) is 5.08. The molecule has 0 unspecified atom stereocenters. The molecule has 0 aliphatic rings. The molecule has 4 rings (SSSR count). The van der Waals surface area contributed by atoms with E-state index in [9.17, 15) is 4.79 Å². The van der Waals surface area contributed by atoms with Crippen molar-refractivity contribution in [2.45, 2.75) is 6.54 Å². The summed E-state index contributed by atoms with van der Waals surface area (Å²) < 4.78 is 0. The lowest BCUT2D eigenvalue weighted by Crippen LogP contribution is -2.13. The second-order valence-corrected chi connectivity index (χ2v) is 6.49. The summed E-state index contributed by atoms with van der Waals surface area (Å²) in [6.45, 7) is 0.615. The molecule has 0 saturated heterocycles. The molecule has 0 saturated carbocycles. The van der Waals surface area contributed by atoms with Crippen molar-refractivity contribution in [2.75, 3.05) is 10.6 Å². The normalized spacial score (nSPS) is 10.7. The third kappa shape index (κ3) is 3.93. The summed E-state index contributed by atoms with van der Waals surface area (Å²) in [5, 5.41) is 6.82. The Kier molecular flexibility index (Phi) is 4.77. The van der Waals surface area contributed by atoms with Crippen LogP contribution in [0.4, 0.5) is 11.6 Å². The SMILES string of the molecule is O=C(Nc1nc2ccccc2[nH]1)c1ccc(NCc2ccccc2Cl)cc1. The van der Waals surface area contributed by atoms with Crippen LogP contribution in [-0.2, 0) is 6.54 Å². The van der Waals surface area contributed by atoms with E-state index < -0.39 is 0 Å². The van der Waals surface area contributed by atoms with Gasteiger partial charge in [-0.05, 0) is 48.0 Å². The monoisotopic (exact) mass is 376 g/mol. The molecule has 134 valence electrons. The first kappa shape index (κ1) is 17.1. The summed E-state index contributed by atoms with van der Waals surface area (Å²) in [6, 6.07) is 22.6. The number of aromatic amines is 1. The number of H-pyrrole nitrogens is 1. The van der Waals surface area contributed by atoms with Crippen molar-refractivity contribution >= 4 is 40.2 Å². The predicted molar refractivity (Wildman–Crippen MR) is 109 cm³/mol. The van der Waals surface area contributed by atoms with Crippen molar-refractivity contribution in [3.63, 3.8) is 0 Å². The van der Waals surface area contributed by atoms with Crippen LogP contribution in [0.15, 0.2) is 72.8 Å². The fourth-order valence-electron chi connectivity index (χ4n) is 2.77. The Morgan fingerprint density at radius 1 is 0.963 bits per heavy atom. The van der Waals surface area contributed by atoms with Crippen molar-refractivity contribution in [3.05, 3.63) is 88.9 Å². The van der Waals surface area contributed by atoms with Crippen LogP contribution < -0.4 is 10.6 Å². The highest BCUT2D eigenvalue weighted by Crippen LogP contribution is 2.18. The molecule has 0 atom stereocenters. The number of benzene rings is 3. The quantitative estimate of drug-likeness (QED) is 0.455. The number of rotatable bonds is 5.